The van der Waals surface area contributed by atoms with Crippen LogP contribution in [-0.2, 0) is 16.4 Å². The second kappa shape index (κ2) is 5.69. The molecule has 0 N–H and O–H groups in total. The fourth-order valence-corrected chi connectivity index (χ4v) is 6.44. The summed E-state index contributed by atoms with van der Waals surface area (Å²) in [5.41, 5.74) is 4.63. The maximum atomic E-state index is 15.5. The van der Waals surface area contributed by atoms with E-state index in [1.54, 1.807) is 13.0 Å². The summed E-state index contributed by atoms with van der Waals surface area (Å²) in [6.45, 7) is 15.0. The minimum Gasteiger partial charge on any atom is -0.207 e. The summed E-state index contributed by atoms with van der Waals surface area (Å²) in [7, 11) is 0. The average Bonchev–Trinajstić information content (AvgIpc) is 2.72. The van der Waals surface area contributed by atoms with Gasteiger partial charge >= 0.3 is 0 Å². The van der Waals surface area contributed by atoms with Crippen molar-refractivity contribution in [1.82, 2.24) is 0 Å². The minimum atomic E-state index is -0.549. The highest BCUT2D eigenvalue weighted by atomic mass is 19.1. The molecule has 0 saturated heterocycles. The zero-order valence-corrected chi connectivity index (χ0v) is 19.0. The number of hydrogen-bond donors (Lipinski definition) is 0. The van der Waals surface area contributed by atoms with Crippen LogP contribution in [-0.4, -0.2) is 0 Å². The summed E-state index contributed by atoms with van der Waals surface area (Å²) in [5.74, 6) is -0.343. The van der Waals surface area contributed by atoms with Crippen LogP contribution < -0.4 is 4.57 Å². The summed E-state index contributed by atoms with van der Waals surface area (Å²) >= 11 is 0. The SMILES string of the molecule is CCC1(C)c2ccc(F)c3c2-c2c4c(cc(C)c(F)c4cc[n+]2C1(C)CC)C3(C)C. The van der Waals surface area contributed by atoms with Gasteiger partial charge in [-0.1, -0.05) is 39.8 Å². The van der Waals surface area contributed by atoms with E-state index in [4.69, 9.17) is 0 Å². The summed E-state index contributed by atoms with van der Waals surface area (Å²) in [6, 6.07) is 7.50. The van der Waals surface area contributed by atoms with Crippen LogP contribution in [0, 0.1) is 18.6 Å². The second-order valence-corrected chi connectivity index (χ2v) is 10.2. The molecule has 30 heavy (non-hydrogen) atoms. The highest BCUT2D eigenvalue weighted by Crippen LogP contribution is 2.57. The van der Waals surface area contributed by atoms with Gasteiger partial charge in [-0.3, -0.25) is 0 Å². The number of aryl methyl sites for hydroxylation is 1. The van der Waals surface area contributed by atoms with E-state index in [2.05, 4.69) is 46.1 Å². The van der Waals surface area contributed by atoms with Crippen LogP contribution in [0.5, 0.6) is 0 Å². The van der Waals surface area contributed by atoms with Crippen LogP contribution in [0.2, 0.25) is 0 Å². The van der Waals surface area contributed by atoms with E-state index in [-0.39, 0.29) is 22.6 Å². The van der Waals surface area contributed by atoms with E-state index in [1.165, 1.54) is 5.56 Å². The minimum absolute atomic E-state index is 0.165. The Kier molecular flexibility index (Phi) is 3.73. The van der Waals surface area contributed by atoms with Crippen molar-refractivity contribution in [2.45, 2.75) is 77.7 Å². The fraction of sp³-hybridized carbons (Fsp3) is 0.444. The molecule has 2 atom stereocenters. The number of halogens is 2. The molecule has 2 unspecified atom stereocenters. The van der Waals surface area contributed by atoms with Gasteiger partial charge in [0.2, 0.25) is 5.69 Å². The van der Waals surface area contributed by atoms with Crippen molar-refractivity contribution in [3.05, 3.63) is 64.4 Å². The molecule has 1 nitrogen and oxygen atoms in total. The van der Waals surface area contributed by atoms with Gasteiger partial charge in [0, 0.05) is 35.8 Å². The van der Waals surface area contributed by atoms with Crippen molar-refractivity contribution in [3.63, 3.8) is 0 Å². The van der Waals surface area contributed by atoms with Crippen LogP contribution in [0.3, 0.4) is 0 Å². The first-order chi connectivity index (χ1) is 14.0. The van der Waals surface area contributed by atoms with Gasteiger partial charge in [-0.05, 0) is 43.0 Å². The molecular formula is C27H30F2N+. The molecule has 156 valence electrons. The molecule has 0 spiro atoms. The number of pyridine rings is 1. The summed E-state index contributed by atoms with van der Waals surface area (Å²) in [4.78, 5) is 0. The third kappa shape index (κ3) is 1.91. The first-order valence-electron chi connectivity index (χ1n) is 11.1. The molecule has 2 aliphatic rings. The molecule has 3 aromatic rings. The van der Waals surface area contributed by atoms with Crippen molar-refractivity contribution in [2.24, 2.45) is 0 Å². The van der Waals surface area contributed by atoms with E-state index in [9.17, 15) is 0 Å². The quantitative estimate of drug-likeness (QED) is 0.411. The molecular weight excluding hydrogens is 376 g/mol. The molecule has 0 saturated carbocycles. The molecule has 2 aromatic carbocycles. The third-order valence-corrected chi connectivity index (χ3v) is 8.75. The van der Waals surface area contributed by atoms with Gasteiger partial charge < -0.3 is 0 Å². The molecule has 3 heteroatoms. The number of rotatable bonds is 2. The Morgan fingerprint density at radius 3 is 2.27 bits per heavy atom. The predicted octanol–water partition coefficient (Wildman–Crippen LogP) is 6.83. The van der Waals surface area contributed by atoms with Gasteiger partial charge in [-0.2, -0.15) is 4.57 Å². The first kappa shape index (κ1) is 19.7. The summed E-state index contributed by atoms with van der Waals surface area (Å²) in [5, 5.41) is 1.59. The standard InChI is InChI=1S/C27H30F2N/c1-8-26(6)17-10-11-19(28)22-21(17)24-20-16(12-13-30(24)27(26,7)9-2)23(29)15(3)14-18(20)25(22,4)5/h10-14H,8-9H2,1-7H3/q+1. The fourth-order valence-electron chi connectivity index (χ4n) is 6.44. The van der Waals surface area contributed by atoms with Crippen LogP contribution in [0.1, 0.15) is 76.6 Å². The van der Waals surface area contributed by atoms with Crippen molar-refractivity contribution in [1.29, 1.82) is 0 Å². The lowest BCUT2D eigenvalue weighted by Crippen LogP contribution is -2.68. The molecule has 2 heterocycles. The van der Waals surface area contributed by atoms with Crippen molar-refractivity contribution in [2.75, 3.05) is 0 Å². The molecule has 1 aromatic heterocycles. The Morgan fingerprint density at radius 2 is 1.63 bits per heavy atom. The number of hydrogen-bond acceptors (Lipinski definition) is 0. The van der Waals surface area contributed by atoms with E-state index in [0.717, 1.165) is 40.6 Å². The lowest BCUT2D eigenvalue weighted by atomic mass is 9.57. The smallest absolute Gasteiger partial charge is 0.207 e. The summed E-state index contributed by atoms with van der Waals surface area (Å²) in [6.07, 6.45) is 3.91. The second-order valence-electron chi connectivity index (χ2n) is 10.2. The van der Waals surface area contributed by atoms with E-state index in [0.29, 0.717) is 10.9 Å². The van der Waals surface area contributed by atoms with Gasteiger partial charge in [0.15, 0.2) is 11.7 Å². The van der Waals surface area contributed by atoms with Gasteiger partial charge in [-0.25, -0.2) is 8.78 Å². The zero-order chi connectivity index (χ0) is 21.8. The van der Waals surface area contributed by atoms with Crippen LogP contribution in [0.25, 0.3) is 22.0 Å². The molecule has 0 radical (unpaired) electrons. The number of benzene rings is 2. The Labute approximate surface area is 177 Å². The highest BCUT2D eigenvalue weighted by molar-refractivity contribution is 6.02. The zero-order valence-electron chi connectivity index (χ0n) is 19.0. The van der Waals surface area contributed by atoms with E-state index in [1.807, 2.05) is 24.4 Å². The number of aromatic nitrogens is 1. The van der Waals surface area contributed by atoms with E-state index < -0.39 is 5.41 Å². The van der Waals surface area contributed by atoms with Crippen molar-refractivity contribution >= 4 is 10.8 Å². The first-order valence-corrected chi connectivity index (χ1v) is 11.1. The monoisotopic (exact) mass is 406 g/mol. The van der Waals surface area contributed by atoms with Gasteiger partial charge in [0.25, 0.3) is 0 Å². The average molecular weight is 407 g/mol. The third-order valence-electron chi connectivity index (χ3n) is 8.75. The van der Waals surface area contributed by atoms with Crippen LogP contribution in [0.15, 0.2) is 30.5 Å². The van der Waals surface area contributed by atoms with Gasteiger partial charge in [-0.15, -0.1) is 0 Å². The van der Waals surface area contributed by atoms with E-state index >= 15 is 8.78 Å². The maximum absolute atomic E-state index is 15.5. The Hall–Kier alpha value is -2.29. The van der Waals surface area contributed by atoms with Gasteiger partial charge in [0.1, 0.15) is 11.6 Å². The Morgan fingerprint density at radius 1 is 0.933 bits per heavy atom. The van der Waals surface area contributed by atoms with Gasteiger partial charge in [0.05, 0.1) is 16.4 Å². The normalized spacial score (nSPS) is 25.6. The predicted molar refractivity (Wildman–Crippen MR) is 118 cm³/mol. The van der Waals surface area contributed by atoms with Crippen molar-refractivity contribution < 1.29 is 13.3 Å². The lowest BCUT2D eigenvalue weighted by molar-refractivity contribution is -0.764. The molecule has 0 amide bonds. The molecule has 5 rings (SSSR count). The Bertz CT molecular complexity index is 1260. The summed E-state index contributed by atoms with van der Waals surface area (Å²) < 4.78 is 33.1. The largest absolute Gasteiger partial charge is 0.222 e. The molecule has 1 aliphatic heterocycles. The lowest BCUT2D eigenvalue weighted by Gasteiger charge is -2.49. The number of nitrogens with zero attached hydrogens (tertiary/aromatic N) is 1. The molecule has 0 bridgehead atoms. The molecule has 0 fully saturated rings. The topological polar surface area (TPSA) is 3.88 Å². The molecule has 1 aliphatic carbocycles. The van der Waals surface area contributed by atoms with Crippen LogP contribution >= 0.6 is 0 Å². The van der Waals surface area contributed by atoms with Crippen molar-refractivity contribution in [3.8, 4) is 11.3 Å². The Balaban J connectivity index is 2.14. The van der Waals surface area contributed by atoms with Crippen LogP contribution in [0.4, 0.5) is 8.78 Å². The highest BCUT2D eigenvalue weighted by Gasteiger charge is 2.59. The maximum Gasteiger partial charge on any atom is 0.222 e.